The van der Waals surface area contributed by atoms with Crippen LogP contribution in [0.5, 0.6) is 5.75 Å². The summed E-state index contributed by atoms with van der Waals surface area (Å²) < 4.78 is 35.5. The SMILES string of the molecule is CCOC(=O)C=c1sc(=Cc2ccc(OC(F)F)cc2)c(=O)n1CC(=O)NC1CC1. The van der Waals surface area contributed by atoms with E-state index in [1.165, 1.54) is 34.9 Å². The van der Waals surface area contributed by atoms with E-state index in [0.29, 0.717) is 5.56 Å². The number of esters is 1. The van der Waals surface area contributed by atoms with Crippen molar-refractivity contribution in [1.82, 2.24) is 9.88 Å². The van der Waals surface area contributed by atoms with Gasteiger partial charge in [-0.15, -0.1) is 11.3 Å². The second-order valence-electron chi connectivity index (χ2n) is 6.53. The van der Waals surface area contributed by atoms with Crippen LogP contribution < -0.4 is 24.8 Å². The summed E-state index contributed by atoms with van der Waals surface area (Å²) in [6.07, 6.45) is 4.56. The summed E-state index contributed by atoms with van der Waals surface area (Å²) in [6, 6.07) is 5.91. The summed E-state index contributed by atoms with van der Waals surface area (Å²) in [7, 11) is 0. The summed E-state index contributed by atoms with van der Waals surface area (Å²) in [4.78, 5) is 36.9. The van der Waals surface area contributed by atoms with E-state index < -0.39 is 18.1 Å². The van der Waals surface area contributed by atoms with Gasteiger partial charge in [0.25, 0.3) is 5.56 Å². The van der Waals surface area contributed by atoms with E-state index in [9.17, 15) is 23.2 Å². The van der Waals surface area contributed by atoms with Crippen LogP contribution in [0.4, 0.5) is 8.78 Å². The highest BCUT2D eigenvalue weighted by Crippen LogP contribution is 2.18. The monoisotopic (exact) mass is 438 g/mol. The fraction of sp³-hybridized carbons (Fsp3) is 0.350. The van der Waals surface area contributed by atoms with Gasteiger partial charge in [0.2, 0.25) is 5.91 Å². The number of thiazole rings is 1. The van der Waals surface area contributed by atoms with Crippen molar-refractivity contribution in [1.29, 1.82) is 0 Å². The normalized spacial score (nSPS) is 14.8. The minimum atomic E-state index is -2.92. The van der Waals surface area contributed by atoms with Crippen LogP contribution in [0.1, 0.15) is 25.3 Å². The van der Waals surface area contributed by atoms with Crippen molar-refractivity contribution in [3.63, 3.8) is 0 Å². The standard InChI is InChI=1S/C20H20F2N2O5S/c1-2-28-18(26)10-17-24(11-16(25)23-13-5-6-13)19(27)15(30-17)9-12-3-7-14(8-4-12)29-20(21)22/h3-4,7-10,13,20H,2,5-6,11H2,1H3,(H,23,25). The van der Waals surface area contributed by atoms with Crippen molar-refractivity contribution in [3.05, 3.63) is 49.4 Å². The molecule has 30 heavy (non-hydrogen) atoms. The second kappa shape index (κ2) is 9.66. The first-order chi connectivity index (χ1) is 14.4. The third kappa shape index (κ3) is 5.99. The molecule has 2 aromatic rings. The lowest BCUT2D eigenvalue weighted by Crippen LogP contribution is -2.39. The molecule has 0 bridgehead atoms. The molecule has 0 atom stereocenters. The second-order valence-corrected chi connectivity index (χ2v) is 7.59. The molecule has 1 N–H and O–H groups in total. The van der Waals surface area contributed by atoms with E-state index in [4.69, 9.17) is 4.74 Å². The Balaban J connectivity index is 1.95. The predicted octanol–water partition coefficient (Wildman–Crippen LogP) is 0.962. The highest BCUT2D eigenvalue weighted by atomic mass is 32.1. The number of alkyl halides is 2. The Labute approximate surface area is 174 Å². The van der Waals surface area contributed by atoms with E-state index >= 15 is 0 Å². The van der Waals surface area contributed by atoms with Gasteiger partial charge in [0.15, 0.2) is 0 Å². The predicted molar refractivity (Wildman–Crippen MR) is 107 cm³/mol. The molecule has 1 aliphatic carbocycles. The van der Waals surface area contributed by atoms with Crippen LogP contribution in [0.15, 0.2) is 29.1 Å². The Hall–Kier alpha value is -3.01. The number of hydrogen-bond acceptors (Lipinski definition) is 6. The average Bonchev–Trinajstić information content (AvgIpc) is 3.45. The van der Waals surface area contributed by atoms with Crippen molar-refractivity contribution in [3.8, 4) is 5.75 Å². The van der Waals surface area contributed by atoms with Gasteiger partial charge in [0.1, 0.15) is 17.0 Å². The summed E-state index contributed by atoms with van der Waals surface area (Å²) >= 11 is 1.03. The quantitative estimate of drug-likeness (QED) is 0.621. The topological polar surface area (TPSA) is 86.6 Å². The molecule has 1 saturated carbocycles. The minimum Gasteiger partial charge on any atom is -0.463 e. The number of ether oxygens (including phenoxy) is 2. The van der Waals surface area contributed by atoms with Gasteiger partial charge in [-0.25, -0.2) is 4.79 Å². The zero-order valence-corrected chi connectivity index (χ0v) is 16.9. The van der Waals surface area contributed by atoms with Crippen LogP contribution in [-0.2, 0) is 20.9 Å². The zero-order valence-electron chi connectivity index (χ0n) is 16.1. The number of benzene rings is 1. The van der Waals surface area contributed by atoms with Gasteiger partial charge in [0, 0.05) is 6.04 Å². The Morgan fingerprint density at radius 1 is 1.30 bits per heavy atom. The van der Waals surface area contributed by atoms with Crippen molar-refractivity contribution in [2.24, 2.45) is 0 Å². The first-order valence-corrected chi connectivity index (χ1v) is 10.1. The van der Waals surface area contributed by atoms with Crippen molar-refractivity contribution >= 4 is 35.4 Å². The number of carbonyl (C=O) groups excluding carboxylic acids is 2. The molecule has 0 unspecified atom stereocenters. The van der Waals surface area contributed by atoms with Crippen LogP contribution in [0, 0.1) is 0 Å². The number of amides is 1. The molecule has 1 heterocycles. The first kappa shape index (κ1) is 21.7. The van der Waals surface area contributed by atoms with Gasteiger partial charge in [0.05, 0.1) is 17.2 Å². The summed E-state index contributed by atoms with van der Waals surface area (Å²) in [6.45, 7) is -1.30. The molecule has 1 aromatic carbocycles. The number of aromatic nitrogens is 1. The van der Waals surface area contributed by atoms with Crippen molar-refractivity contribution in [2.45, 2.75) is 39.0 Å². The fourth-order valence-electron chi connectivity index (χ4n) is 2.62. The summed E-state index contributed by atoms with van der Waals surface area (Å²) in [5.41, 5.74) is 0.140. The van der Waals surface area contributed by atoms with Gasteiger partial charge >= 0.3 is 12.6 Å². The van der Waals surface area contributed by atoms with Gasteiger partial charge in [-0.1, -0.05) is 12.1 Å². The largest absolute Gasteiger partial charge is 0.463 e. The number of rotatable bonds is 8. The van der Waals surface area contributed by atoms with Crippen molar-refractivity contribution in [2.75, 3.05) is 6.61 Å². The molecule has 3 rings (SSSR count). The molecule has 0 aliphatic heterocycles. The van der Waals surface area contributed by atoms with E-state index in [1.807, 2.05) is 0 Å². The lowest BCUT2D eigenvalue weighted by Gasteiger charge is -2.04. The highest BCUT2D eigenvalue weighted by molar-refractivity contribution is 7.07. The third-order valence-electron chi connectivity index (χ3n) is 4.11. The summed E-state index contributed by atoms with van der Waals surface area (Å²) in [5.74, 6) is -0.926. The van der Waals surface area contributed by atoms with Crippen molar-refractivity contribution < 1.29 is 27.8 Å². The molecule has 1 fully saturated rings. The number of hydrogen-bond donors (Lipinski definition) is 1. The minimum absolute atomic E-state index is 0.00109. The molecule has 7 nitrogen and oxygen atoms in total. The van der Waals surface area contributed by atoms with Crippen LogP contribution in [0.2, 0.25) is 0 Å². The number of carbonyl (C=O) groups is 2. The Bertz CT molecular complexity index is 1090. The maximum atomic E-state index is 12.8. The molecule has 1 amide bonds. The van der Waals surface area contributed by atoms with Crippen LogP contribution in [0.3, 0.4) is 0 Å². The molecule has 160 valence electrons. The smallest absolute Gasteiger partial charge is 0.387 e. The molecule has 0 spiro atoms. The van der Waals surface area contributed by atoms with Gasteiger partial charge in [-0.3, -0.25) is 14.2 Å². The molecular formula is C20H20F2N2O5S. The Morgan fingerprint density at radius 3 is 2.60 bits per heavy atom. The molecule has 10 heteroatoms. The average molecular weight is 438 g/mol. The lowest BCUT2D eigenvalue weighted by molar-refractivity contribution is -0.135. The fourth-order valence-corrected chi connectivity index (χ4v) is 3.65. The van der Waals surface area contributed by atoms with Crippen LogP contribution >= 0.6 is 11.3 Å². The lowest BCUT2D eigenvalue weighted by atomic mass is 10.2. The number of halogens is 2. The first-order valence-electron chi connectivity index (χ1n) is 9.30. The molecule has 1 aromatic heterocycles. The molecule has 1 aliphatic rings. The van der Waals surface area contributed by atoms with Crippen LogP contribution in [-0.4, -0.2) is 35.7 Å². The zero-order chi connectivity index (χ0) is 21.7. The number of nitrogens with one attached hydrogen (secondary N) is 1. The van der Waals surface area contributed by atoms with E-state index in [2.05, 4.69) is 10.1 Å². The van der Waals surface area contributed by atoms with E-state index in [0.717, 1.165) is 24.2 Å². The maximum absolute atomic E-state index is 12.8. The van der Waals surface area contributed by atoms with Gasteiger partial charge < -0.3 is 14.8 Å². The Kier molecular flexibility index (Phi) is 6.99. The maximum Gasteiger partial charge on any atom is 0.387 e. The van der Waals surface area contributed by atoms with E-state index in [-0.39, 0.29) is 40.0 Å². The van der Waals surface area contributed by atoms with E-state index in [1.54, 1.807) is 13.0 Å². The summed E-state index contributed by atoms with van der Waals surface area (Å²) in [5, 5.41) is 2.81. The molecular weight excluding hydrogens is 418 g/mol. The molecule has 0 radical (unpaired) electrons. The van der Waals surface area contributed by atoms with Gasteiger partial charge in [-0.2, -0.15) is 8.78 Å². The number of nitrogens with zero attached hydrogens (tertiary/aromatic N) is 1. The highest BCUT2D eigenvalue weighted by Gasteiger charge is 2.23. The Morgan fingerprint density at radius 2 is 2.00 bits per heavy atom. The molecule has 0 saturated heterocycles. The van der Waals surface area contributed by atoms with Gasteiger partial charge in [-0.05, 0) is 43.5 Å². The van der Waals surface area contributed by atoms with Crippen LogP contribution in [0.25, 0.3) is 12.2 Å². The third-order valence-corrected chi connectivity index (χ3v) is 5.17.